The Morgan fingerprint density at radius 3 is 2.53 bits per heavy atom. The quantitative estimate of drug-likeness (QED) is 0.531. The number of rotatable bonds is 6. The van der Waals surface area contributed by atoms with Crippen molar-refractivity contribution in [2.45, 2.75) is 30.4 Å². The lowest BCUT2D eigenvalue weighted by Gasteiger charge is -2.17. The van der Waals surface area contributed by atoms with Gasteiger partial charge in [-0.05, 0) is 37.3 Å². The van der Waals surface area contributed by atoms with Crippen molar-refractivity contribution in [2.75, 3.05) is 18.6 Å². The number of hydrogen-bond acceptors (Lipinski definition) is 5. The predicted molar refractivity (Wildman–Crippen MR) is 122 cm³/mol. The zero-order valence-corrected chi connectivity index (χ0v) is 18.7. The molecule has 1 aromatic carbocycles. The summed E-state index contributed by atoms with van der Waals surface area (Å²) in [5, 5.41) is 6.10. The molecule has 2 saturated carbocycles. The predicted octanol–water partition coefficient (Wildman–Crippen LogP) is 2.97. The summed E-state index contributed by atoms with van der Waals surface area (Å²) < 4.78 is 24.3. The summed E-state index contributed by atoms with van der Waals surface area (Å²) in [6, 6.07) is 9.25. The van der Waals surface area contributed by atoms with E-state index in [-0.39, 0.29) is 17.7 Å². The molecule has 5 rings (SSSR count). The Kier molecular flexibility index (Phi) is 4.63. The van der Waals surface area contributed by atoms with Crippen molar-refractivity contribution in [1.29, 1.82) is 0 Å². The van der Waals surface area contributed by atoms with E-state index in [9.17, 15) is 18.0 Å². The number of benzene rings is 1. The molecule has 0 atom stereocenters. The molecule has 2 aliphatic rings. The van der Waals surface area contributed by atoms with Gasteiger partial charge in [0.15, 0.2) is 15.7 Å². The first-order valence-corrected chi connectivity index (χ1v) is 12.5. The van der Waals surface area contributed by atoms with Crippen LogP contribution < -0.4 is 10.6 Å². The van der Waals surface area contributed by atoms with Gasteiger partial charge >= 0.3 is 0 Å². The number of nitrogens with zero attached hydrogens (tertiary/aromatic N) is 1. The third kappa shape index (κ3) is 3.28. The Hall–Kier alpha value is -3.20. The van der Waals surface area contributed by atoms with Gasteiger partial charge in [0.05, 0.1) is 15.8 Å². The fourth-order valence-electron chi connectivity index (χ4n) is 4.31. The fourth-order valence-corrected chi connectivity index (χ4v) is 5.73. The molecule has 9 heteroatoms. The lowest BCUT2D eigenvalue weighted by Crippen LogP contribution is -2.20. The summed E-state index contributed by atoms with van der Waals surface area (Å²) in [5.74, 6) is -0.0177. The van der Waals surface area contributed by atoms with Crippen LogP contribution in [0.5, 0.6) is 0 Å². The summed E-state index contributed by atoms with van der Waals surface area (Å²) in [6.07, 6.45) is 5.62. The Labute approximate surface area is 185 Å². The molecular weight excluding hydrogens is 428 g/mol. The number of nitrogens with one attached hydrogen (secondary N) is 3. The Morgan fingerprint density at radius 1 is 1.19 bits per heavy atom. The lowest BCUT2D eigenvalue weighted by molar-refractivity contribution is -0.117. The second-order valence-corrected chi connectivity index (χ2v) is 11.0. The molecule has 2 amide bonds. The number of carbonyl (C=O) groups is 2. The smallest absolute Gasteiger partial charge is 0.253 e. The van der Waals surface area contributed by atoms with Gasteiger partial charge in [-0.1, -0.05) is 24.3 Å². The SMILES string of the molecule is CNC(=O)c1cnc(NC(=O)C2CC2)c2[nH]c(-c3ccccc3C3(S(C)(=O)=O)CC3)cc12. The number of amides is 2. The van der Waals surface area contributed by atoms with Crippen LogP contribution in [0.4, 0.5) is 5.82 Å². The molecule has 166 valence electrons. The van der Waals surface area contributed by atoms with E-state index in [0.29, 0.717) is 40.8 Å². The molecule has 2 aromatic heterocycles. The van der Waals surface area contributed by atoms with Crippen LogP contribution in [0.2, 0.25) is 0 Å². The first-order chi connectivity index (χ1) is 15.2. The zero-order chi connectivity index (χ0) is 22.7. The number of aromatic nitrogens is 2. The van der Waals surface area contributed by atoms with Crippen LogP contribution in [-0.2, 0) is 19.4 Å². The Bertz CT molecular complexity index is 1370. The van der Waals surface area contributed by atoms with Gasteiger partial charge in [0.2, 0.25) is 5.91 Å². The molecule has 2 aliphatic carbocycles. The first kappa shape index (κ1) is 20.7. The molecule has 0 aliphatic heterocycles. The van der Waals surface area contributed by atoms with E-state index >= 15 is 0 Å². The molecule has 8 nitrogen and oxygen atoms in total. The highest BCUT2D eigenvalue weighted by Crippen LogP contribution is 2.55. The highest BCUT2D eigenvalue weighted by atomic mass is 32.2. The first-order valence-electron chi connectivity index (χ1n) is 10.6. The number of anilines is 1. The number of carbonyl (C=O) groups excluding carboxylic acids is 2. The van der Waals surface area contributed by atoms with Gasteiger partial charge in [-0.3, -0.25) is 9.59 Å². The van der Waals surface area contributed by atoms with Crippen LogP contribution >= 0.6 is 0 Å². The van der Waals surface area contributed by atoms with Crippen molar-refractivity contribution >= 4 is 38.4 Å². The fraction of sp³-hybridized carbons (Fsp3) is 0.348. The van der Waals surface area contributed by atoms with Crippen LogP contribution in [0.1, 0.15) is 41.6 Å². The number of hydrogen-bond donors (Lipinski definition) is 3. The van der Waals surface area contributed by atoms with Crippen molar-refractivity contribution in [2.24, 2.45) is 5.92 Å². The van der Waals surface area contributed by atoms with Crippen LogP contribution in [0, 0.1) is 5.92 Å². The minimum absolute atomic E-state index is 0.00473. The van der Waals surface area contributed by atoms with Gasteiger partial charge in [0.25, 0.3) is 5.91 Å². The molecular formula is C23H24N4O4S. The van der Waals surface area contributed by atoms with Crippen LogP contribution in [-0.4, -0.2) is 43.5 Å². The molecule has 2 fully saturated rings. The zero-order valence-electron chi connectivity index (χ0n) is 17.9. The molecule has 0 saturated heterocycles. The third-order valence-corrected chi connectivity index (χ3v) is 8.50. The van der Waals surface area contributed by atoms with Crippen LogP contribution in [0.3, 0.4) is 0 Å². The maximum atomic E-state index is 12.6. The maximum Gasteiger partial charge on any atom is 0.253 e. The van der Waals surface area contributed by atoms with E-state index in [1.165, 1.54) is 12.5 Å². The standard InChI is InChI=1S/C23H24N4O4S/c1-24-22(29)16-12-25-20(27-21(28)13-7-8-13)19-15(16)11-18(26-19)14-5-3-4-6-17(14)23(9-10-23)32(2,30)31/h3-6,11-13,26H,7-10H2,1-2H3,(H,24,29)(H,25,27,28). The van der Waals surface area contributed by atoms with Crippen molar-refractivity contribution in [3.05, 3.63) is 47.7 Å². The lowest BCUT2D eigenvalue weighted by atomic mass is 10.00. The Balaban J connectivity index is 1.68. The van der Waals surface area contributed by atoms with E-state index in [0.717, 1.165) is 24.0 Å². The molecule has 0 spiro atoms. The van der Waals surface area contributed by atoms with Gasteiger partial charge in [-0.15, -0.1) is 0 Å². The minimum atomic E-state index is -3.30. The molecule has 2 heterocycles. The third-order valence-electron chi connectivity index (χ3n) is 6.45. The van der Waals surface area contributed by atoms with Gasteiger partial charge in [0.1, 0.15) is 0 Å². The van der Waals surface area contributed by atoms with Crippen molar-refractivity contribution < 1.29 is 18.0 Å². The van der Waals surface area contributed by atoms with E-state index < -0.39 is 14.6 Å². The monoisotopic (exact) mass is 452 g/mol. The molecule has 0 radical (unpaired) electrons. The molecule has 3 aromatic rings. The van der Waals surface area contributed by atoms with Gasteiger partial charge in [-0.2, -0.15) is 0 Å². The summed E-state index contributed by atoms with van der Waals surface area (Å²) in [7, 11) is -1.76. The number of pyridine rings is 1. The second kappa shape index (κ2) is 7.16. The average molecular weight is 453 g/mol. The van der Waals surface area contributed by atoms with Gasteiger partial charge < -0.3 is 15.6 Å². The van der Waals surface area contributed by atoms with Gasteiger partial charge in [-0.25, -0.2) is 13.4 Å². The normalized spacial score (nSPS) is 17.2. The number of fused-ring (bicyclic) bond motifs is 1. The number of H-pyrrole nitrogens is 1. The summed E-state index contributed by atoms with van der Waals surface area (Å²) in [5.41, 5.74) is 3.08. The van der Waals surface area contributed by atoms with Crippen molar-refractivity contribution in [3.63, 3.8) is 0 Å². The average Bonchev–Trinajstić information content (AvgIpc) is 3.69. The van der Waals surface area contributed by atoms with Crippen LogP contribution in [0.15, 0.2) is 36.5 Å². The molecule has 3 N–H and O–H groups in total. The summed E-state index contributed by atoms with van der Waals surface area (Å²) >= 11 is 0. The van der Waals surface area contributed by atoms with E-state index in [1.807, 2.05) is 30.3 Å². The topological polar surface area (TPSA) is 121 Å². The largest absolute Gasteiger partial charge is 0.355 e. The Morgan fingerprint density at radius 2 is 1.91 bits per heavy atom. The number of aromatic amines is 1. The van der Waals surface area contributed by atoms with Crippen molar-refractivity contribution in [3.8, 4) is 11.3 Å². The summed E-state index contributed by atoms with van der Waals surface area (Å²) in [6.45, 7) is 0. The van der Waals surface area contributed by atoms with Crippen LogP contribution in [0.25, 0.3) is 22.2 Å². The van der Waals surface area contributed by atoms with Crippen molar-refractivity contribution in [1.82, 2.24) is 15.3 Å². The maximum absolute atomic E-state index is 12.6. The van der Waals surface area contributed by atoms with Gasteiger partial charge in [0, 0.05) is 42.1 Å². The number of sulfone groups is 1. The van der Waals surface area contributed by atoms with E-state index in [1.54, 1.807) is 7.05 Å². The minimum Gasteiger partial charge on any atom is -0.355 e. The molecule has 0 bridgehead atoms. The summed E-state index contributed by atoms with van der Waals surface area (Å²) in [4.78, 5) is 32.5. The molecule has 32 heavy (non-hydrogen) atoms. The molecule has 0 unspecified atom stereocenters. The highest BCUT2D eigenvalue weighted by Gasteiger charge is 2.54. The van der Waals surface area contributed by atoms with E-state index in [4.69, 9.17) is 0 Å². The highest BCUT2D eigenvalue weighted by molar-refractivity contribution is 7.92. The second-order valence-electron chi connectivity index (χ2n) is 8.65. The van der Waals surface area contributed by atoms with E-state index in [2.05, 4.69) is 20.6 Å².